The molecular weight excluding hydrogens is 677 g/mol. The average molecular weight is 711 g/mol. The van der Waals surface area contributed by atoms with Crippen molar-refractivity contribution < 1.29 is 0 Å². The Bertz CT molecular complexity index is 3500. The molecule has 0 aliphatic heterocycles. The van der Waals surface area contributed by atoms with E-state index in [-0.39, 0.29) is 0 Å². The molecular formula is C54H34N2. The van der Waals surface area contributed by atoms with E-state index in [0.29, 0.717) is 0 Å². The molecule has 0 radical (unpaired) electrons. The first-order valence-electron chi connectivity index (χ1n) is 19.4. The first-order valence-corrected chi connectivity index (χ1v) is 19.4. The van der Waals surface area contributed by atoms with E-state index in [9.17, 15) is 0 Å². The number of nitrogens with zero attached hydrogens (tertiary/aromatic N) is 2. The highest BCUT2D eigenvalue weighted by Gasteiger charge is 2.24. The molecule has 0 aliphatic carbocycles. The molecule has 2 heterocycles. The summed E-state index contributed by atoms with van der Waals surface area (Å²) >= 11 is 0. The molecule has 56 heavy (non-hydrogen) atoms. The molecule has 2 aromatic heterocycles. The van der Waals surface area contributed by atoms with Gasteiger partial charge in [-0.05, 0) is 91.0 Å². The maximum atomic E-state index is 2.53. The minimum atomic E-state index is 1.14. The van der Waals surface area contributed by atoms with Gasteiger partial charge in [-0.1, -0.05) is 170 Å². The van der Waals surface area contributed by atoms with E-state index in [1.165, 1.54) is 98.2 Å². The number of hydrogen-bond donors (Lipinski definition) is 0. The van der Waals surface area contributed by atoms with E-state index in [1.54, 1.807) is 0 Å². The number of rotatable bonds is 4. The Labute approximate surface area is 323 Å². The van der Waals surface area contributed by atoms with E-state index in [2.05, 4.69) is 215 Å². The second-order valence-corrected chi connectivity index (χ2v) is 14.8. The largest absolute Gasteiger partial charge is 0.307 e. The Morgan fingerprint density at radius 2 is 0.768 bits per heavy atom. The van der Waals surface area contributed by atoms with Crippen molar-refractivity contribution in [3.63, 3.8) is 0 Å². The van der Waals surface area contributed by atoms with Gasteiger partial charge >= 0.3 is 0 Å². The molecule has 0 aliphatic rings. The minimum Gasteiger partial charge on any atom is -0.307 e. The first-order chi connectivity index (χ1) is 27.8. The molecule has 0 N–H and O–H groups in total. The SMILES string of the molecule is c1ccc(-n2c3cc(-c4cccc5ccccc45)ccc3c3ccc4c5c6ccccc6c(-c6cccc7ccccc67)cc5n(-c5ccccc5)c4c32)cc1. The van der Waals surface area contributed by atoms with Crippen LogP contribution in [0.2, 0.25) is 0 Å². The van der Waals surface area contributed by atoms with Crippen molar-refractivity contribution in [1.29, 1.82) is 0 Å². The lowest BCUT2D eigenvalue weighted by Crippen LogP contribution is -1.98. The smallest absolute Gasteiger partial charge is 0.0789 e. The highest BCUT2D eigenvalue weighted by Crippen LogP contribution is 2.47. The summed E-state index contributed by atoms with van der Waals surface area (Å²) in [4.78, 5) is 0. The quantitative estimate of drug-likeness (QED) is 0.172. The molecule has 2 heteroatoms. The minimum absolute atomic E-state index is 1.14. The first kappa shape index (κ1) is 31.0. The van der Waals surface area contributed by atoms with Crippen LogP contribution >= 0.6 is 0 Å². The number of fused-ring (bicyclic) bond motifs is 11. The van der Waals surface area contributed by atoms with E-state index in [0.717, 1.165) is 11.4 Å². The average Bonchev–Trinajstić information content (AvgIpc) is 3.79. The molecule has 0 fully saturated rings. The van der Waals surface area contributed by atoms with E-state index < -0.39 is 0 Å². The Morgan fingerprint density at radius 1 is 0.268 bits per heavy atom. The van der Waals surface area contributed by atoms with Crippen molar-refractivity contribution in [2.75, 3.05) is 0 Å². The molecule has 12 rings (SSSR count). The zero-order chi connectivity index (χ0) is 36.7. The third-order valence-electron chi connectivity index (χ3n) is 11.9. The predicted octanol–water partition coefficient (Wildman–Crippen LogP) is 14.7. The summed E-state index contributed by atoms with van der Waals surface area (Å²) in [6.07, 6.45) is 0. The van der Waals surface area contributed by atoms with Crippen molar-refractivity contribution >= 4 is 75.9 Å². The monoisotopic (exact) mass is 710 g/mol. The van der Waals surface area contributed by atoms with Crippen LogP contribution < -0.4 is 0 Å². The Kier molecular flexibility index (Phi) is 6.66. The third kappa shape index (κ3) is 4.44. The lowest BCUT2D eigenvalue weighted by molar-refractivity contribution is 1.15. The summed E-state index contributed by atoms with van der Waals surface area (Å²) in [7, 11) is 0. The summed E-state index contributed by atoms with van der Waals surface area (Å²) in [5.41, 5.74) is 12.0. The summed E-state index contributed by atoms with van der Waals surface area (Å²) in [6.45, 7) is 0. The fraction of sp³-hybridized carbons (Fsp3) is 0. The van der Waals surface area contributed by atoms with Gasteiger partial charge in [0.2, 0.25) is 0 Å². The third-order valence-corrected chi connectivity index (χ3v) is 11.9. The van der Waals surface area contributed by atoms with Gasteiger partial charge in [-0.3, -0.25) is 0 Å². The summed E-state index contributed by atoms with van der Waals surface area (Å²) in [5, 5.41) is 12.5. The Hall–Kier alpha value is -7.42. The van der Waals surface area contributed by atoms with E-state index >= 15 is 0 Å². The van der Waals surface area contributed by atoms with Gasteiger partial charge in [-0.2, -0.15) is 0 Å². The number of aromatic nitrogens is 2. The summed E-state index contributed by atoms with van der Waals surface area (Å²) < 4.78 is 5.03. The van der Waals surface area contributed by atoms with Crippen molar-refractivity contribution in [2.45, 2.75) is 0 Å². The van der Waals surface area contributed by atoms with Crippen molar-refractivity contribution in [1.82, 2.24) is 9.13 Å². The maximum Gasteiger partial charge on any atom is 0.0789 e. The Balaban J connectivity index is 1.28. The molecule has 0 amide bonds. The van der Waals surface area contributed by atoms with Gasteiger partial charge in [0.25, 0.3) is 0 Å². The van der Waals surface area contributed by atoms with E-state index in [1.807, 2.05) is 0 Å². The second kappa shape index (κ2) is 12.0. The summed E-state index contributed by atoms with van der Waals surface area (Å²) in [6, 6.07) is 75.8. The molecule has 10 aromatic carbocycles. The van der Waals surface area contributed by atoms with Crippen LogP contribution in [0, 0.1) is 0 Å². The van der Waals surface area contributed by atoms with Crippen molar-refractivity contribution in [2.24, 2.45) is 0 Å². The van der Waals surface area contributed by atoms with Gasteiger partial charge in [-0.25, -0.2) is 0 Å². The highest BCUT2D eigenvalue weighted by molar-refractivity contribution is 6.30. The lowest BCUT2D eigenvalue weighted by atomic mass is 9.92. The number of benzene rings is 10. The molecule has 2 nitrogen and oxygen atoms in total. The van der Waals surface area contributed by atoms with Crippen LogP contribution in [0.25, 0.3) is 110 Å². The molecule has 0 saturated carbocycles. The van der Waals surface area contributed by atoms with Crippen LogP contribution in [0.4, 0.5) is 0 Å². The highest BCUT2D eigenvalue weighted by atomic mass is 15.0. The molecule has 0 spiro atoms. The van der Waals surface area contributed by atoms with E-state index in [4.69, 9.17) is 0 Å². The zero-order valence-electron chi connectivity index (χ0n) is 30.5. The Morgan fingerprint density at radius 3 is 1.46 bits per heavy atom. The molecule has 0 bridgehead atoms. The maximum absolute atomic E-state index is 2.53. The van der Waals surface area contributed by atoms with Gasteiger partial charge in [0.1, 0.15) is 0 Å². The summed E-state index contributed by atoms with van der Waals surface area (Å²) in [5.74, 6) is 0. The fourth-order valence-corrected chi connectivity index (χ4v) is 9.48. The second-order valence-electron chi connectivity index (χ2n) is 14.8. The van der Waals surface area contributed by atoms with Crippen molar-refractivity contribution in [3.8, 4) is 33.6 Å². The van der Waals surface area contributed by atoms with Crippen LogP contribution in [-0.2, 0) is 0 Å². The standard InChI is InChI=1S/C54H34N2/c1-3-19-38(20-4-1)55-50-33-37(42-27-13-17-35-15-7-9-23-40(35)42)29-30-45(50)47-31-32-48-52-46-26-12-11-25-44(46)49(43-28-14-18-36-16-8-10-24-41(36)43)34-51(52)56(54(48)53(47)55)39-21-5-2-6-22-39/h1-34H. The van der Waals surface area contributed by atoms with Crippen LogP contribution in [0.5, 0.6) is 0 Å². The molecule has 260 valence electrons. The molecule has 0 atom stereocenters. The topological polar surface area (TPSA) is 9.86 Å². The molecule has 0 saturated heterocycles. The van der Waals surface area contributed by atoms with Crippen LogP contribution in [0.1, 0.15) is 0 Å². The fourth-order valence-electron chi connectivity index (χ4n) is 9.48. The van der Waals surface area contributed by atoms with Gasteiger partial charge in [0.05, 0.1) is 22.1 Å². The molecule has 0 unspecified atom stereocenters. The van der Waals surface area contributed by atoms with Gasteiger partial charge in [-0.15, -0.1) is 0 Å². The van der Waals surface area contributed by atoms with Crippen LogP contribution in [0.3, 0.4) is 0 Å². The zero-order valence-corrected chi connectivity index (χ0v) is 30.5. The van der Waals surface area contributed by atoms with Crippen LogP contribution in [-0.4, -0.2) is 9.13 Å². The molecule has 12 aromatic rings. The number of para-hydroxylation sites is 2. The van der Waals surface area contributed by atoms with Crippen LogP contribution in [0.15, 0.2) is 206 Å². The van der Waals surface area contributed by atoms with Gasteiger partial charge in [0, 0.05) is 32.9 Å². The van der Waals surface area contributed by atoms with Gasteiger partial charge in [0.15, 0.2) is 0 Å². The lowest BCUT2D eigenvalue weighted by Gasteiger charge is -2.14. The van der Waals surface area contributed by atoms with Crippen molar-refractivity contribution in [3.05, 3.63) is 206 Å². The number of hydrogen-bond acceptors (Lipinski definition) is 0. The van der Waals surface area contributed by atoms with Gasteiger partial charge < -0.3 is 9.13 Å². The predicted molar refractivity (Wildman–Crippen MR) is 239 cm³/mol. The normalized spacial score (nSPS) is 11.9.